The quantitative estimate of drug-likeness (QED) is 0.869. The molecule has 2 rings (SSSR count). The number of nitrogens with one attached hydrogen (secondary N) is 1. The van der Waals surface area contributed by atoms with Crippen molar-refractivity contribution in [1.82, 2.24) is 5.32 Å². The fraction of sp³-hybridized carbons (Fsp3) is 0.462. The first-order chi connectivity index (χ1) is 8.88. The summed E-state index contributed by atoms with van der Waals surface area (Å²) in [7, 11) is 0. The zero-order valence-electron chi connectivity index (χ0n) is 10.1. The molecule has 0 aromatic heterocycles. The van der Waals surface area contributed by atoms with Gasteiger partial charge in [0.1, 0.15) is 0 Å². The fourth-order valence-corrected chi connectivity index (χ4v) is 2.17. The van der Waals surface area contributed by atoms with Crippen LogP contribution in [0.1, 0.15) is 35.2 Å². The lowest BCUT2D eigenvalue weighted by molar-refractivity contribution is -0.137. The van der Waals surface area contributed by atoms with Crippen LogP contribution in [0.3, 0.4) is 0 Å². The highest BCUT2D eigenvalue weighted by molar-refractivity contribution is 5.94. The van der Waals surface area contributed by atoms with Gasteiger partial charge in [-0.15, -0.1) is 0 Å². The maximum Gasteiger partial charge on any atom is 0.416 e. The number of hydrogen-bond donors (Lipinski definition) is 2. The third-order valence-electron chi connectivity index (χ3n) is 3.27. The van der Waals surface area contributed by atoms with Crippen molar-refractivity contribution in [3.05, 3.63) is 35.4 Å². The van der Waals surface area contributed by atoms with E-state index in [0.29, 0.717) is 12.8 Å². The van der Waals surface area contributed by atoms with E-state index in [9.17, 15) is 23.1 Å². The number of rotatable bonds is 2. The van der Waals surface area contributed by atoms with E-state index in [0.717, 1.165) is 30.7 Å². The molecule has 0 spiro atoms. The molecule has 104 valence electrons. The van der Waals surface area contributed by atoms with Crippen molar-refractivity contribution >= 4 is 5.91 Å². The Balaban J connectivity index is 2.03. The van der Waals surface area contributed by atoms with Crippen LogP contribution in [0.5, 0.6) is 0 Å². The number of aliphatic hydroxyl groups excluding tert-OH is 1. The molecule has 1 aliphatic carbocycles. The number of aliphatic hydroxyl groups is 1. The first kappa shape index (κ1) is 13.9. The molecule has 2 atom stereocenters. The standard InChI is InChI=1S/C13H14F3NO2/c14-13(15,16)9-6-4-8(5-7-9)12(19)17-10-2-1-3-11(10)18/h4-7,10-11,18H,1-3H2,(H,17,19)/t10-,11+/m1/s1. The van der Waals surface area contributed by atoms with Crippen molar-refractivity contribution in [2.75, 3.05) is 0 Å². The highest BCUT2D eigenvalue weighted by Gasteiger charge is 2.31. The minimum Gasteiger partial charge on any atom is -0.391 e. The summed E-state index contributed by atoms with van der Waals surface area (Å²) in [5, 5.41) is 12.2. The summed E-state index contributed by atoms with van der Waals surface area (Å²) in [5.74, 6) is -0.459. The van der Waals surface area contributed by atoms with Gasteiger partial charge in [-0.25, -0.2) is 0 Å². The molecule has 0 saturated heterocycles. The molecule has 0 bridgehead atoms. The van der Waals surface area contributed by atoms with Crippen molar-refractivity contribution in [3.63, 3.8) is 0 Å². The lowest BCUT2D eigenvalue weighted by Gasteiger charge is -2.16. The summed E-state index contributed by atoms with van der Waals surface area (Å²) >= 11 is 0. The summed E-state index contributed by atoms with van der Waals surface area (Å²) in [6, 6.07) is 3.72. The third kappa shape index (κ3) is 3.26. The molecule has 1 aromatic rings. The lowest BCUT2D eigenvalue weighted by atomic mass is 10.1. The smallest absolute Gasteiger partial charge is 0.391 e. The second-order valence-corrected chi connectivity index (χ2v) is 4.65. The monoisotopic (exact) mass is 273 g/mol. The van der Waals surface area contributed by atoms with Gasteiger partial charge >= 0.3 is 6.18 Å². The van der Waals surface area contributed by atoms with Crippen LogP contribution >= 0.6 is 0 Å². The highest BCUT2D eigenvalue weighted by Crippen LogP contribution is 2.29. The Bertz CT molecular complexity index is 456. The Labute approximate surface area is 108 Å². The predicted molar refractivity (Wildman–Crippen MR) is 62.6 cm³/mol. The van der Waals surface area contributed by atoms with Gasteiger partial charge in [0.05, 0.1) is 17.7 Å². The summed E-state index contributed by atoms with van der Waals surface area (Å²) in [5.41, 5.74) is -0.628. The minimum absolute atomic E-state index is 0.159. The summed E-state index contributed by atoms with van der Waals surface area (Å²) < 4.78 is 37.1. The Morgan fingerprint density at radius 3 is 2.32 bits per heavy atom. The second kappa shape index (κ2) is 5.21. The molecule has 1 aromatic carbocycles. The zero-order chi connectivity index (χ0) is 14.0. The average molecular weight is 273 g/mol. The topological polar surface area (TPSA) is 49.3 Å². The zero-order valence-corrected chi connectivity index (χ0v) is 10.1. The van der Waals surface area contributed by atoms with Crippen LogP contribution in [0.2, 0.25) is 0 Å². The van der Waals surface area contributed by atoms with Gasteiger partial charge in [0.25, 0.3) is 5.91 Å². The fourth-order valence-electron chi connectivity index (χ4n) is 2.17. The molecular formula is C13H14F3NO2. The maximum absolute atomic E-state index is 12.4. The van der Waals surface area contributed by atoms with Gasteiger partial charge in [0.2, 0.25) is 0 Å². The molecule has 6 heteroatoms. The Morgan fingerprint density at radius 2 is 1.84 bits per heavy atom. The number of hydrogen-bond acceptors (Lipinski definition) is 2. The first-order valence-electron chi connectivity index (χ1n) is 6.04. The van der Waals surface area contributed by atoms with Crippen LogP contribution in [0, 0.1) is 0 Å². The SMILES string of the molecule is O=C(N[C@@H]1CCC[C@@H]1O)c1ccc(C(F)(F)F)cc1. The van der Waals surface area contributed by atoms with Gasteiger partial charge in [-0.3, -0.25) is 4.79 Å². The summed E-state index contributed by atoms with van der Waals surface area (Å²) in [6.07, 6.45) is -2.82. The Morgan fingerprint density at radius 1 is 1.21 bits per heavy atom. The van der Waals surface area contributed by atoms with Crippen molar-refractivity contribution in [3.8, 4) is 0 Å². The normalized spacial score (nSPS) is 23.4. The van der Waals surface area contributed by atoms with Crippen LogP contribution in [-0.4, -0.2) is 23.2 Å². The van der Waals surface area contributed by atoms with Gasteiger partial charge in [0.15, 0.2) is 0 Å². The molecule has 0 heterocycles. The van der Waals surface area contributed by atoms with E-state index < -0.39 is 23.8 Å². The van der Waals surface area contributed by atoms with E-state index in [-0.39, 0.29) is 11.6 Å². The summed E-state index contributed by atoms with van der Waals surface area (Å²) in [6.45, 7) is 0. The highest BCUT2D eigenvalue weighted by atomic mass is 19.4. The van der Waals surface area contributed by atoms with E-state index in [1.807, 2.05) is 0 Å². The van der Waals surface area contributed by atoms with Crippen LogP contribution in [0.25, 0.3) is 0 Å². The molecule has 1 aliphatic rings. The van der Waals surface area contributed by atoms with Gasteiger partial charge in [0, 0.05) is 5.56 Å². The molecule has 19 heavy (non-hydrogen) atoms. The average Bonchev–Trinajstić information content (AvgIpc) is 2.74. The van der Waals surface area contributed by atoms with Crippen molar-refractivity contribution in [1.29, 1.82) is 0 Å². The Kier molecular flexibility index (Phi) is 3.80. The van der Waals surface area contributed by atoms with Crippen molar-refractivity contribution in [2.45, 2.75) is 37.6 Å². The molecule has 0 aliphatic heterocycles. The molecule has 0 radical (unpaired) electrons. The summed E-state index contributed by atoms with van der Waals surface area (Å²) in [4.78, 5) is 11.8. The molecule has 3 nitrogen and oxygen atoms in total. The van der Waals surface area contributed by atoms with Crippen LogP contribution < -0.4 is 5.32 Å². The number of amides is 1. The lowest BCUT2D eigenvalue weighted by Crippen LogP contribution is -2.39. The molecule has 2 N–H and O–H groups in total. The molecule has 1 saturated carbocycles. The number of alkyl halides is 3. The van der Waals surface area contributed by atoms with Crippen molar-refractivity contribution in [2.24, 2.45) is 0 Å². The Hall–Kier alpha value is -1.56. The number of benzene rings is 1. The minimum atomic E-state index is -4.41. The number of halogens is 3. The van der Waals surface area contributed by atoms with Gasteiger partial charge in [-0.2, -0.15) is 13.2 Å². The molecule has 0 unspecified atom stereocenters. The van der Waals surface area contributed by atoms with Gasteiger partial charge in [-0.05, 0) is 43.5 Å². The molecular weight excluding hydrogens is 259 g/mol. The van der Waals surface area contributed by atoms with E-state index in [4.69, 9.17) is 0 Å². The predicted octanol–water partition coefficient (Wildman–Crippen LogP) is 2.35. The van der Waals surface area contributed by atoms with E-state index in [2.05, 4.69) is 5.32 Å². The van der Waals surface area contributed by atoms with Crippen LogP contribution in [0.15, 0.2) is 24.3 Å². The van der Waals surface area contributed by atoms with Crippen LogP contribution in [-0.2, 0) is 6.18 Å². The van der Waals surface area contributed by atoms with Crippen LogP contribution in [0.4, 0.5) is 13.2 Å². The third-order valence-corrected chi connectivity index (χ3v) is 3.27. The number of carbonyl (C=O) groups excluding carboxylic acids is 1. The van der Waals surface area contributed by atoms with Crippen molar-refractivity contribution < 1.29 is 23.1 Å². The largest absolute Gasteiger partial charge is 0.416 e. The van der Waals surface area contributed by atoms with Gasteiger partial charge in [-0.1, -0.05) is 0 Å². The van der Waals surface area contributed by atoms with Gasteiger partial charge < -0.3 is 10.4 Å². The van der Waals surface area contributed by atoms with E-state index in [1.54, 1.807) is 0 Å². The van der Waals surface area contributed by atoms with E-state index >= 15 is 0 Å². The molecule has 1 amide bonds. The second-order valence-electron chi connectivity index (χ2n) is 4.65. The van der Waals surface area contributed by atoms with E-state index in [1.165, 1.54) is 0 Å². The molecule has 1 fully saturated rings. The number of carbonyl (C=O) groups is 1. The maximum atomic E-state index is 12.4. The first-order valence-corrected chi connectivity index (χ1v) is 6.04.